The summed E-state index contributed by atoms with van der Waals surface area (Å²) in [5, 5.41) is 5.16. The zero-order valence-corrected chi connectivity index (χ0v) is 9.77. The molecule has 1 aromatic rings. The summed E-state index contributed by atoms with van der Waals surface area (Å²) in [5.74, 6) is -0.253. The number of nitrogens with two attached hydrogens (primary N) is 1. The van der Waals surface area contributed by atoms with E-state index in [4.69, 9.17) is 5.73 Å². The summed E-state index contributed by atoms with van der Waals surface area (Å²) in [6.07, 6.45) is 0.837. The molecule has 1 aromatic carbocycles. The molecule has 0 aromatic heterocycles. The minimum Gasteiger partial charge on any atom is -0.354 e. The van der Waals surface area contributed by atoms with Crippen molar-refractivity contribution in [1.29, 1.82) is 0 Å². The number of carbonyl (C=O) groups is 2. The van der Waals surface area contributed by atoms with Crippen LogP contribution in [0, 0.1) is 0 Å². The molecule has 1 rings (SSSR count). The van der Waals surface area contributed by atoms with E-state index in [9.17, 15) is 9.59 Å². The predicted octanol–water partition coefficient (Wildman–Crippen LogP) is 0.922. The highest BCUT2D eigenvalue weighted by atomic mass is 16.2. The van der Waals surface area contributed by atoms with Gasteiger partial charge in [-0.1, -0.05) is 37.3 Å². The first-order valence-electron chi connectivity index (χ1n) is 5.53. The van der Waals surface area contributed by atoms with Gasteiger partial charge in [-0.25, -0.2) is 4.79 Å². The topological polar surface area (TPSA) is 84.2 Å². The summed E-state index contributed by atoms with van der Waals surface area (Å²) in [7, 11) is 0. The Morgan fingerprint density at radius 1 is 1.29 bits per heavy atom. The molecule has 1 atom stereocenters. The molecule has 17 heavy (non-hydrogen) atoms. The monoisotopic (exact) mass is 235 g/mol. The average molecular weight is 235 g/mol. The van der Waals surface area contributed by atoms with Crippen LogP contribution >= 0.6 is 0 Å². The maximum Gasteiger partial charge on any atom is 0.313 e. The van der Waals surface area contributed by atoms with Gasteiger partial charge < -0.3 is 16.4 Å². The fraction of sp³-hybridized carbons (Fsp3) is 0.333. The van der Waals surface area contributed by atoms with Gasteiger partial charge in [-0.05, 0) is 12.0 Å². The van der Waals surface area contributed by atoms with Gasteiger partial charge in [0, 0.05) is 6.54 Å². The van der Waals surface area contributed by atoms with Crippen LogP contribution in [0.2, 0.25) is 0 Å². The highest BCUT2D eigenvalue weighted by molar-refractivity contribution is 5.87. The third-order valence-corrected chi connectivity index (χ3v) is 2.23. The van der Waals surface area contributed by atoms with E-state index >= 15 is 0 Å². The van der Waals surface area contributed by atoms with E-state index in [1.54, 1.807) is 24.3 Å². The summed E-state index contributed by atoms with van der Waals surface area (Å²) >= 11 is 0. The Bertz CT molecular complexity index is 379. The molecule has 5 nitrogen and oxygen atoms in total. The van der Waals surface area contributed by atoms with Crippen LogP contribution in [0.4, 0.5) is 4.79 Å². The molecule has 0 fully saturated rings. The highest BCUT2D eigenvalue weighted by Crippen LogP contribution is 2.12. The number of urea groups is 1. The van der Waals surface area contributed by atoms with Crippen molar-refractivity contribution < 1.29 is 9.59 Å². The molecule has 3 amide bonds. The first-order chi connectivity index (χ1) is 8.15. The Morgan fingerprint density at radius 2 is 1.94 bits per heavy atom. The van der Waals surface area contributed by atoms with E-state index in [-0.39, 0.29) is 5.91 Å². The van der Waals surface area contributed by atoms with Crippen molar-refractivity contribution in [2.45, 2.75) is 19.4 Å². The number of primary amides is 1. The largest absolute Gasteiger partial charge is 0.354 e. The second-order valence-electron chi connectivity index (χ2n) is 3.64. The molecule has 92 valence electrons. The third kappa shape index (κ3) is 4.14. The van der Waals surface area contributed by atoms with E-state index in [1.165, 1.54) is 0 Å². The van der Waals surface area contributed by atoms with Crippen LogP contribution in [0.1, 0.15) is 24.9 Å². The number of nitrogens with one attached hydrogen (secondary N) is 2. The summed E-state index contributed by atoms with van der Waals surface area (Å²) < 4.78 is 0. The van der Waals surface area contributed by atoms with Crippen LogP contribution in [-0.2, 0) is 4.79 Å². The Morgan fingerprint density at radius 3 is 2.47 bits per heavy atom. The summed E-state index contributed by atoms with van der Waals surface area (Å²) in [6, 6.07) is 7.54. The van der Waals surface area contributed by atoms with Crippen LogP contribution in [0.5, 0.6) is 0 Å². The SMILES string of the molecule is CCCNC(=O)C(NC(N)=O)c1ccccc1. The van der Waals surface area contributed by atoms with Gasteiger partial charge in [0.1, 0.15) is 6.04 Å². The minimum atomic E-state index is -0.736. The summed E-state index contributed by atoms with van der Waals surface area (Å²) in [6.45, 7) is 2.53. The van der Waals surface area contributed by atoms with Gasteiger partial charge in [0.25, 0.3) is 0 Å². The fourth-order valence-corrected chi connectivity index (χ4v) is 1.44. The standard InChI is InChI=1S/C12H17N3O2/c1-2-8-14-11(16)10(15-12(13)17)9-6-4-3-5-7-9/h3-7,10H,2,8H2,1H3,(H,14,16)(H3,13,15,17). The fourth-order valence-electron chi connectivity index (χ4n) is 1.44. The molecule has 0 aliphatic rings. The smallest absolute Gasteiger partial charge is 0.313 e. The van der Waals surface area contributed by atoms with Crippen LogP contribution < -0.4 is 16.4 Å². The van der Waals surface area contributed by atoms with E-state index < -0.39 is 12.1 Å². The Labute approximate surface area is 100 Å². The second kappa shape index (κ2) is 6.52. The lowest BCUT2D eigenvalue weighted by atomic mass is 10.1. The molecule has 0 heterocycles. The van der Waals surface area contributed by atoms with Crippen molar-refractivity contribution in [2.24, 2.45) is 5.73 Å². The van der Waals surface area contributed by atoms with E-state index in [0.29, 0.717) is 12.1 Å². The Hall–Kier alpha value is -2.04. The normalized spacial score (nSPS) is 11.6. The summed E-state index contributed by atoms with van der Waals surface area (Å²) in [5.41, 5.74) is 5.78. The molecule has 0 spiro atoms. The quantitative estimate of drug-likeness (QED) is 0.709. The molecular weight excluding hydrogens is 218 g/mol. The van der Waals surface area contributed by atoms with Gasteiger partial charge in [0.2, 0.25) is 5.91 Å². The molecule has 5 heteroatoms. The molecular formula is C12H17N3O2. The molecule has 0 aliphatic heterocycles. The second-order valence-corrected chi connectivity index (χ2v) is 3.64. The average Bonchev–Trinajstić information content (AvgIpc) is 2.34. The van der Waals surface area contributed by atoms with Gasteiger partial charge in [0.05, 0.1) is 0 Å². The lowest BCUT2D eigenvalue weighted by Gasteiger charge is -2.17. The van der Waals surface area contributed by atoms with E-state index in [1.807, 2.05) is 13.0 Å². The molecule has 4 N–H and O–H groups in total. The van der Waals surface area contributed by atoms with Gasteiger partial charge in [-0.15, -0.1) is 0 Å². The molecule has 0 aliphatic carbocycles. The van der Waals surface area contributed by atoms with Crippen molar-refractivity contribution in [2.75, 3.05) is 6.54 Å². The van der Waals surface area contributed by atoms with Crippen molar-refractivity contribution in [3.8, 4) is 0 Å². The Balaban J connectivity index is 2.80. The molecule has 0 saturated heterocycles. The number of hydrogen-bond donors (Lipinski definition) is 3. The summed E-state index contributed by atoms with van der Waals surface area (Å²) in [4.78, 5) is 22.7. The van der Waals surface area contributed by atoms with Gasteiger partial charge in [-0.3, -0.25) is 4.79 Å². The van der Waals surface area contributed by atoms with E-state index in [0.717, 1.165) is 6.42 Å². The predicted molar refractivity (Wildman–Crippen MR) is 65.2 cm³/mol. The number of amides is 3. The van der Waals surface area contributed by atoms with Crippen LogP contribution in [0.3, 0.4) is 0 Å². The van der Waals surface area contributed by atoms with Gasteiger partial charge >= 0.3 is 6.03 Å². The lowest BCUT2D eigenvalue weighted by molar-refractivity contribution is -0.123. The number of hydrogen-bond acceptors (Lipinski definition) is 2. The molecule has 0 saturated carbocycles. The van der Waals surface area contributed by atoms with Crippen molar-refractivity contribution in [3.05, 3.63) is 35.9 Å². The minimum absolute atomic E-state index is 0.253. The van der Waals surface area contributed by atoms with Crippen LogP contribution in [0.15, 0.2) is 30.3 Å². The first-order valence-corrected chi connectivity index (χ1v) is 5.53. The highest BCUT2D eigenvalue weighted by Gasteiger charge is 2.20. The molecule has 0 radical (unpaired) electrons. The van der Waals surface area contributed by atoms with Crippen molar-refractivity contribution in [1.82, 2.24) is 10.6 Å². The zero-order valence-electron chi connectivity index (χ0n) is 9.77. The van der Waals surface area contributed by atoms with E-state index in [2.05, 4.69) is 10.6 Å². The van der Waals surface area contributed by atoms with Gasteiger partial charge in [0.15, 0.2) is 0 Å². The zero-order chi connectivity index (χ0) is 12.7. The maximum atomic E-state index is 11.9. The third-order valence-electron chi connectivity index (χ3n) is 2.23. The molecule has 0 bridgehead atoms. The lowest BCUT2D eigenvalue weighted by Crippen LogP contribution is -2.42. The Kier molecular flexibility index (Phi) is 5.00. The van der Waals surface area contributed by atoms with Gasteiger partial charge in [-0.2, -0.15) is 0 Å². The van der Waals surface area contributed by atoms with Crippen LogP contribution in [0.25, 0.3) is 0 Å². The molecule has 1 unspecified atom stereocenters. The number of benzene rings is 1. The van der Waals surface area contributed by atoms with Crippen LogP contribution in [-0.4, -0.2) is 18.5 Å². The van der Waals surface area contributed by atoms with Crippen molar-refractivity contribution >= 4 is 11.9 Å². The number of rotatable bonds is 5. The first kappa shape index (κ1) is 13.0. The maximum absolute atomic E-state index is 11.9. The van der Waals surface area contributed by atoms with Crippen molar-refractivity contribution in [3.63, 3.8) is 0 Å². The number of carbonyl (C=O) groups excluding carboxylic acids is 2.